The van der Waals surface area contributed by atoms with Crippen LogP contribution in [0.1, 0.15) is 40.2 Å². The molecule has 3 rings (SSSR count). The van der Waals surface area contributed by atoms with Gasteiger partial charge in [-0.15, -0.1) is 0 Å². The van der Waals surface area contributed by atoms with Crippen LogP contribution in [0.3, 0.4) is 0 Å². The molecule has 1 aliphatic rings. The predicted octanol–water partition coefficient (Wildman–Crippen LogP) is 3.17. The molecule has 2 aromatic carbocycles. The second-order valence-corrected chi connectivity index (χ2v) is 8.94. The molecule has 0 aromatic heterocycles. The van der Waals surface area contributed by atoms with E-state index in [0.717, 1.165) is 43.6 Å². The number of benzene rings is 2. The van der Waals surface area contributed by atoms with Crippen molar-refractivity contribution in [3.63, 3.8) is 0 Å². The van der Waals surface area contributed by atoms with Crippen LogP contribution in [-0.2, 0) is 16.4 Å². The Bertz CT molecular complexity index is 890. The fraction of sp³-hybridized carbons (Fsp3) is 0.350. The lowest BCUT2D eigenvalue weighted by Crippen LogP contribution is -2.33. The molecule has 0 radical (unpaired) electrons. The van der Waals surface area contributed by atoms with Gasteiger partial charge >= 0.3 is 5.97 Å². The summed E-state index contributed by atoms with van der Waals surface area (Å²) < 4.78 is 23.1. The monoisotopic (exact) mass is 373 g/mol. The van der Waals surface area contributed by atoms with Gasteiger partial charge in [-0.05, 0) is 60.7 Å². The molecule has 0 unspecified atom stereocenters. The van der Waals surface area contributed by atoms with E-state index in [-0.39, 0.29) is 0 Å². The van der Waals surface area contributed by atoms with Crippen LogP contribution in [0.4, 0.5) is 0 Å². The molecular weight excluding hydrogens is 350 g/mol. The maximum Gasteiger partial charge on any atom is 0.335 e. The standard InChI is InChI=1S/C20H23NO4S/c1-26(24,25)19-9-7-15(8-10-19)13-21-11-3-6-18(14-21)16-4-2-5-17(12-16)20(22)23/h2,4-5,7-10,12,18H,3,6,11,13-14H2,1H3,(H,22,23)/t18-/m0/s1. The Morgan fingerprint density at radius 1 is 1.19 bits per heavy atom. The second-order valence-electron chi connectivity index (χ2n) is 6.92. The molecule has 1 saturated heterocycles. The molecule has 1 atom stereocenters. The number of piperidine rings is 1. The molecule has 0 bridgehead atoms. The predicted molar refractivity (Wildman–Crippen MR) is 100 cm³/mol. The summed E-state index contributed by atoms with van der Waals surface area (Å²) >= 11 is 0. The van der Waals surface area contributed by atoms with Crippen LogP contribution < -0.4 is 0 Å². The Labute approximate surface area is 154 Å². The van der Waals surface area contributed by atoms with E-state index < -0.39 is 15.8 Å². The van der Waals surface area contributed by atoms with Gasteiger partial charge < -0.3 is 5.11 Å². The summed E-state index contributed by atoms with van der Waals surface area (Å²) in [7, 11) is -3.17. The van der Waals surface area contributed by atoms with Gasteiger partial charge in [0.15, 0.2) is 9.84 Å². The summed E-state index contributed by atoms with van der Waals surface area (Å²) in [4.78, 5) is 13.9. The van der Waals surface area contributed by atoms with Crippen molar-refractivity contribution >= 4 is 15.8 Å². The summed E-state index contributed by atoms with van der Waals surface area (Å²) in [5.74, 6) is -0.580. The Morgan fingerprint density at radius 3 is 2.58 bits per heavy atom. The number of hydrogen-bond donors (Lipinski definition) is 1. The van der Waals surface area contributed by atoms with E-state index in [1.165, 1.54) is 6.26 Å². The van der Waals surface area contributed by atoms with Crippen molar-refractivity contribution in [1.82, 2.24) is 4.90 Å². The number of hydrogen-bond acceptors (Lipinski definition) is 4. The van der Waals surface area contributed by atoms with Crippen LogP contribution in [0.15, 0.2) is 53.4 Å². The van der Waals surface area contributed by atoms with Crippen molar-refractivity contribution in [2.45, 2.75) is 30.2 Å². The van der Waals surface area contributed by atoms with E-state index in [2.05, 4.69) is 4.90 Å². The van der Waals surface area contributed by atoms with Crippen molar-refractivity contribution in [3.05, 3.63) is 65.2 Å². The van der Waals surface area contributed by atoms with Crippen molar-refractivity contribution in [2.24, 2.45) is 0 Å². The minimum absolute atomic E-state index is 0.318. The van der Waals surface area contributed by atoms with Crippen molar-refractivity contribution in [1.29, 1.82) is 0 Å². The third-order valence-corrected chi connectivity index (χ3v) is 6.00. The van der Waals surface area contributed by atoms with Crippen LogP contribution in [-0.4, -0.2) is 43.7 Å². The Kier molecular flexibility index (Phi) is 5.44. The molecule has 1 heterocycles. The first-order chi connectivity index (χ1) is 12.3. The van der Waals surface area contributed by atoms with Gasteiger partial charge in [0.2, 0.25) is 0 Å². The highest BCUT2D eigenvalue weighted by molar-refractivity contribution is 7.90. The number of aromatic carboxylic acids is 1. The van der Waals surface area contributed by atoms with Crippen LogP contribution in [0.25, 0.3) is 0 Å². The van der Waals surface area contributed by atoms with Gasteiger partial charge in [-0.1, -0.05) is 24.3 Å². The average molecular weight is 373 g/mol. The van der Waals surface area contributed by atoms with Crippen LogP contribution in [0, 0.1) is 0 Å². The molecule has 0 saturated carbocycles. The van der Waals surface area contributed by atoms with E-state index in [0.29, 0.717) is 16.4 Å². The van der Waals surface area contributed by atoms with Crippen molar-refractivity contribution in [3.8, 4) is 0 Å². The molecule has 0 amide bonds. The van der Waals surface area contributed by atoms with E-state index in [1.807, 2.05) is 24.3 Å². The first-order valence-corrected chi connectivity index (χ1v) is 10.6. The van der Waals surface area contributed by atoms with Gasteiger partial charge in [-0.3, -0.25) is 4.90 Å². The summed E-state index contributed by atoms with van der Waals surface area (Å²) in [5, 5.41) is 9.18. The summed E-state index contributed by atoms with van der Waals surface area (Å²) in [5.41, 5.74) is 2.48. The Hall–Kier alpha value is -2.18. The van der Waals surface area contributed by atoms with E-state index >= 15 is 0 Å². The lowest BCUT2D eigenvalue weighted by Gasteiger charge is -2.33. The highest BCUT2D eigenvalue weighted by atomic mass is 32.2. The molecule has 0 aliphatic carbocycles. The van der Waals surface area contributed by atoms with Crippen LogP contribution in [0.2, 0.25) is 0 Å². The number of likely N-dealkylation sites (tertiary alicyclic amines) is 1. The highest BCUT2D eigenvalue weighted by Gasteiger charge is 2.22. The zero-order chi connectivity index (χ0) is 18.7. The molecule has 1 aliphatic heterocycles. The van der Waals surface area contributed by atoms with E-state index in [1.54, 1.807) is 24.3 Å². The van der Waals surface area contributed by atoms with Gasteiger partial charge in [0.1, 0.15) is 0 Å². The van der Waals surface area contributed by atoms with Gasteiger partial charge in [-0.25, -0.2) is 13.2 Å². The molecule has 0 spiro atoms. The SMILES string of the molecule is CS(=O)(=O)c1ccc(CN2CCC[C@H](c3cccc(C(=O)O)c3)C2)cc1. The van der Waals surface area contributed by atoms with Gasteiger partial charge in [-0.2, -0.15) is 0 Å². The summed E-state index contributed by atoms with van der Waals surface area (Å²) in [6.07, 6.45) is 3.32. The quantitative estimate of drug-likeness (QED) is 0.871. The summed E-state index contributed by atoms with van der Waals surface area (Å²) in [6, 6.07) is 14.2. The fourth-order valence-electron chi connectivity index (χ4n) is 3.50. The minimum atomic E-state index is -3.17. The smallest absolute Gasteiger partial charge is 0.335 e. The first-order valence-electron chi connectivity index (χ1n) is 8.67. The van der Waals surface area contributed by atoms with E-state index in [9.17, 15) is 18.3 Å². The van der Waals surface area contributed by atoms with Crippen molar-refractivity contribution in [2.75, 3.05) is 19.3 Å². The molecular formula is C20H23NO4S. The highest BCUT2D eigenvalue weighted by Crippen LogP contribution is 2.28. The molecule has 26 heavy (non-hydrogen) atoms. The topological polar surface area (TPSA) is 74.7 Å². The normalized spacial score (nSPS) is 18.6. The number of rotatable bonds is 5. The molecule has 6 heteroatoms. The third kappa shape index (κ3) is 4.51. The maximum absolute atomic E-state index is 11.6. The van der Waals surface area contributed by atoms with E-state index in [4.69, 9.17) is 0 Å². The average Bonchev–Trinajstić information content (AvgIpc) is 2.62. The Balaban J connectivity index is 1.69. The zero-order valence-corrected chi connectivity index (χ0v) is 15.6. The molecule has 138 valence electrons. The molecule has 2 aromatic rings. The van der Waals surface area contributed by atoms with Crippen LogP contribution in [0.5, 0.6) is 0 Å². The lowest BCUT2D eigenvalue weighted by molar-refractivity contribution is 0.0696. The zero-order valence-electron chi connectivity index (χ0n) is 14.8. The largest absolute Gasteiger partial charge is 0.478 e. The molecule has 1 N–H and O–H groups in total. The number of sulfone groups is 1. The first kappa shape index (κ1) is 18.6. The van der Waals surface area contributed by atoms with Gasteiger partial charge in [0.25, 0.3) is 0 Å². The fourth-order valence-corrected chi connectivity index (χ4v) is 4.13. The summed E-state index contributed by atoms with van der Waals surface area (Å²) in [6.45, 7) is 2.62. The second kappa shape index (κ2) is 7.60. The lowest BCUT2D eigenvalue weighted by atomic mass is 9.89. The van der Waals surface area contributed by atoms with Gasteiger partial charge in [0.05, 0.1) is 10.5 Å². The molecule has 5 nitrogen and oxygen atoms in total. The van der Waals surface area contributed by atoms with Crippen LogP contribution >= 0.6 is 0 Å². The minimum Gasteiger partial charge on any atom is -0.478 e. The Morgan fingerprint density at radius 2 is 1.92 bits per heavy atom. The maximum atomic E-state index is 11.6. The number of carbonyl (C=O) groups is 1. The van der Waals surface area contributed by atoms with Gasteiger partial charge in [0, 0.05) is 19.3 Å². The number of nitrogens with zero attached hydrogens (tertiary/aromatic N) is 1. The number of carboxylic acids is 1. The third-order valence-electron chi connectivity index (χ3n) is 4.87. The number of carboxylic acid groups (broad SMARTS) is 1. The van der Waals surface area contributed by atoms with Crippen molar-refractivity contribution < 1.29 is 18.3 Å². The molecule has 1 fully saturated rings.